The Bertz CT molecular complexity index is 793. The fraction of sp³-hybridized carbons (Fsp3) is 0.818. The molecule has 0 aliphatic carbocycles. The minimum absolute atomic E-state index is 0.0556. The first-order valence-electron chi connectivity index (χ1n) is 11.9. The lowest BCUT2D eigenvalue weighted by Crippen LogP contribution is -2.58. The zero-order chi connectivity index (χ0) is 23.7. The zero-order valence-electron chi connectivity index (χ0n) is 20.0. The summed E-state index contributed by atoms with van der Waals surface area (Å²) in [5.74, 6) is 0.972. The number of nitrogens with zero attached hydrogens (tertiary/aromatic N) is 3. The van der Waals surface area contributed by atoms with E-state index < -0.39 is 0 Å². The Morgan fingerprint density at radius 2 is 2.03 bits per heavy atom. The summed E-state index contributed by atoms with van der Waals surface area (Å²) in [6.45, 7) is 9.51. The molecule has 3 heterocycles. The highest BCUT2D eigenvalue weighted by molar-refractivity contribution is 8.00. The Kier molecular flexibility index (Phi) is 9.39. The van der Waals surface area contributed by atoms with Gasteiger partial charge in [0.1, 0.15) is 0 Å². The molecule has 10 nitrogen and oxygen atoms in total. The Hall–Kier alpha value is -1.85. The average Bonchev–Trinajstić information content (AvgIpc) is 3.39. The third-order valence-electron chi connectivity index (χ3n) is 6.60. The third kappa shape index (κ3) is 6.83. The minimum atomic E-state index is -0.229. The number of hydrogen-bond donors (Lipinski definition) is 3. The molecule has 0 bridgehead atoms. The number of fused-ring (bicyclic) bond motifs is 1. The number of amides is 3. The molecule has 1 aromatic heterocycles. The van der Waals surface area contributed by atoms with Gasteiger partial charge in [-0.05, 0) is 33.1 Å². The highest BCUT2D eigenvalue weighted by Crippen LogP contribution is 2.47. The molecular formula is C22H38N6O4S. The van der Waals surface area contributed by atoms with Gasteiger partial charge in [0.15, 0.2) is 0 Å². The van der Waals surface area contributed by atoms with Crippen LogP contribution >= 0.6 is 11.8 Å². The number of nitrogens with one attached hydrogen (secondary N) is 3. The molecule has 3 rings (SSSR count). The molecule has 0 unspecified atom stereocenters. The number of unbranched alkanes of at least 4 members (excludes halogenated alkanes) is 1. The lowest BCUT2D eigenvalue weighted by atomic mass is 9.79. The van der Waals surface area contributed by atoms with Crippen molar-refractivity contribution in [3.63, 3.8) is 0 Å². The van der Waals surface area contributed by atoms with E-state index in [0.717, 1.165) is 37.1 Å². The molecule has 2 fully saturated rings. The van der Waals surface area contributed by atoms with Gasteiger partial charge in [-0.25, -0.2) is 9.48 Å². The van der Waals surface area contributed by atoms with Crippen LogP contribution in [0.15, 0.2) is 6.20 Å². The van der Waals surface area contributed by atoms with Crippen molar-refractivity contribution in [2.24, 2.45) is 0 Å². The molecule has 186 valence electrons. The van der Waals surface area contributed by atoms with Crippen LogP contribution in [-0.4, -0.2) is 82.0 Å². The number of carbonyl (C=O) groups is 2. The predicted molar refractivity (Wildman–Crippen MR) is 127 cm³/mol. The van der Waals surface area contributed by atoms with Gasteiger partial charge in [-0.2, -0.15) is 11.8 Å². The fourth-order valence-corrected chi connectivity index (χ4v) is 6.16. The van der Waals surface area contributed by atoms with Gasteiger partial charge >= 0.3 is 6.03 Å². The standard InChI is InChI=1S/C22H38N6O4S/c1-4-17-15-28(27-26-17)10-12-32-14-13-31-11-9-23-19(29)8-6-5-7-18-22(3)21(2,16-33-18)24-20(30)25-22/h15,18H,4-14,16H2,1-3H3,(H,23,29)(H2,24,25,30)/t18-,21-,22+/m0/s1. The van der Waals surface area contributed by atoms with E-state index in [-0.39, 0.29) is 23.0 Å². The van der Waals surface area contributed by atoms with Crippen molar-refractivity contribution in [3.8, 4) is 0 Å². The van der Waals surface area contributed by atoms with Crippen molar-refractivity contribution in [2.75, 3.05) is 38.7 Å². The number of aryl methyl sites for hydroxylation is 1. The number of carbonyl (C=O) groups excluding carboxylic acids is 2. The predicted octanol–water partition coefficient (Wildman–Crippen LogP) is 1.50. The minimum Gasteiger partial charge on any atom is -0.377 e. The number of urea groups is 1. The summed E-state index contributed by atoms with van der Waals surface area (Å²) < 4.78 is 12.8. The second kappa shape index (κ2) is 12.0. The molecule has 0 saturated carbocycles. The van der Waals surface area contributed by atoms with E-state index in [0.29, 0.717) is 51.2 Å². The summed E-state index contributed by atoms with van der Waals surface area (Å²) in [5.41, 5.74) is 0.553. The normalized spacial score (nSPS) is 26.2. The van der Waals surface area contributed by atoms with Crippen LogP contribution in [0.5, 0.6) is 0 Å². The van der Waals surface area contributed by atoms with Crippen LogP contribution in [-0.2, 0) is 27.2 Å². The van der Waals surface area contributed by atoms with Gasteiger partial charge in [0, 0.05) is 30.2 Å². The second-order valence-electron chi connectivity index (χ2n) is 9.06. The number of ether oxygens (including phenoxy) is 2. The maximum atomic E-state index is 12.0. The quantitative estimate of drug-likeness (QED) is 0.256. The van der Waals surface area contributed by atoms with Gasteiger partial charge in [0.05, 0.1) is 49.7 Å². The summed E-state index contributed by atoms with van der Waals surface area (Å²) in [5, 5.41) is 17.5. The molecule has 3 N–H and O–H groups in total. The number of thioether (sulfide) groups is 1. The molecule has 1 aromatic rings. The summed E-state index contributed by atoms with van der Waals surface area (Å²) in [4.78, 5) is 23.8. The number of aromatic nitrogens is 3. The molecule has 3 atom stereocenters. The number of rotatable bonds is 15. The van der Waals surface area contributed by atoms with E-state index in [2.05, 4.69) is 40.1 Å². The van der Waals surface area contributed by atoms with Crippen LogP contribution in [0.1, 0.15) is 52.1 Å². The van der Waals surface area contributed by atoms with E-state index in [4.69, 9.17) is 9.47 Å². The molecular weight excluding hydrogens is 444 g/mol. The topological polar surface area (TPSA) is 119 Å². The van der Waals surface area contributed by atoms with Crippen molar-refractivity contribution < 1.29 is 19.1 Å². The van der Waals surface area contributed by atoms with E-state index in [1.165, 1.54) is 0 Å². The average molecular weight is 483 g/mol. The van der Waals surface area contributed by atoms with Crippen LogP contribution in [0.2, 0.25) is 0 Å². The van der Waals surface area contributed by atoms with Crippen LogP contribution < -0.4 is 16.0 Å². The van der Waals surface area contributed by atoms with Gasteiger partial charge in [-0.15, -0.1) is 5.10 Å². The van der Waals surface area contributed by atoms with Gasteiger partial charge < -0.3 is 25.4 Å². The van der Waals surface area contributed by atoms with Gasteiger partial charge in [0.2, 0.25) is 5.91 Å². The molecule has 11 heteroatoms. The molecule has 2 aliphatic heterocycles. The Labute approximate surface area is 200 Å². The summed E-state index contributed by atoms with van der Waals surface area (Å²) in [6.07, 6.45) is 6.13. The largest absolute Gasteiger partial charge is 0.377 e. The zero-order valence-corrected chi connectivity index (χ0v) is 20.8. The van der Waals surface area contributed by atoms with E-state index >= 15 is 0 Å². The van der Waals surface area contributed by atoms with Crippen LogP contribution in [0.25, 0.3) is 0 Å². The monoisotopic (exact) mass is 482 g/mol. The number of hydrogen-bond acceptors (Lipinski definition) is 7. The summed E-state index contributed by atoms with van der Waals surface area (Å²) >= 11 is 1.91. The van der Waals surface area contributed by atoms with E-state index in [9.17, 15) is 9.59 Å². The van der Waals surface area contributed by atoms with Crippen molar-refractivity contribution in [3.05, 3.63) is 11.9 Å². The lowest BCUT2D eigenvalue weighted by Gasteiger charge is -2.35. The lowest BCUT2D eigenvalue weighted by molar-refractivity contribution is -0.121. The maximum Gasteiger partial charge on any atom is 0.315 e. The molecule has 0 radical (unpaired) electrons. The van der Waals surface area contributed by atoms with Crippen molar-refractivity contribution in [2.45, 2.75) is 75.7 Å². The second-order valence-corrected chi connectivity index (χ2v) is 10.3. The first kappa shape index (κ1) is 25.8. The Morgan fingerprint density at radius 3 is 2.79 bits per heavy atom. The van der Waals surface area contributed by atoms with Gasteiger partial charge in [-0.1, -0.05) is 18.6 Å². The van der Waals surface area contributed by atoms with E-state index in [1.54, 1.807) is 4.68 Å². The fourth-order valence-electron chi connectivity index (χ4n) is 4.27. The maximum absolute atomic E-state index is 12.0. The van der Waals surface area contributed by atoms with Crippen LogP contribution in [0.4, 0.5) is 4.79 Å². The molecule has 2 saturated heterocycles. The summed E-state index contributed by atoms with van der Waals surface area (Å²) in [7, 11) is 0. The van der Waals surface area contributed by atoms with Crippen LogP contribution in [0, 0.1) is 0 Å². The van der Waals surface area contributed by atoms with Crippen LogP contribution in [0.3, 0.4) is 0 Å². The molecule has 0 aromatic carbocycles. The highest BCUT2D eigenvalue weighted by Gasteiger charge is 2.60. The highest BCUT2D eigenvalue weighted by atomic mass is 32.2. The van der Waals surface area contributed by atoms with Crippen molar-refractivity contribution in [1.29, 1.82) is 0 Å². The molecule has 0 spiro atoms. The smallest absolute Gasteiger partial charge is 0.315 e. The molecule has 3 amide bonds. The molecule has 33 heavy (non-hydrogen) atoms. The molecule has 2 aliphatic rings. The van der Waals surface area contributed by atoms with Crippen molar-refractivity contribution >= 4 is 23.7 Å². The first-order valence-corrected chi connectivity index (χ1v) is 12.9. The first-order chi connectivity index (χ1) is 15.9. The Morgan fingerprint density at radius 1 is 1.24 bits per heavy atom. The SMILES string of the molecule is CCc1cn(CCOCCOCCNC(=O)CCCC[C@@H]2SC[C@]3(C)NC(=O)N[C@]23C)nn1. The van der Waals surface area contributed by atoms with Gasteiger partial charge in [0.25, 0.3) is 0 Å². The van der Waals surface area contributed by atoms with Crippen molar-refractivity contribution in [1.82, 2.24) is 30.9 Å². The summed E-state index contributed by atoms with van der Waals surface area (Å²) in [6, 6.07) is -0.0734. The Balaban J connectivity index is 1.14. The van der Waals surface area contributed by atoms with E-state index in [1.807, 2.05) is 24.9 Å². The van der Waals surface area contributed by atoms with Gasteiger partial charge in [-0.3, -0.25) is 4.79 Å². The third-order valence-corrected chi connectivity index (χ3v) is 8.45.